The van der Waals surface area contributed by atoms with Crippen LogP contribution in [0.4, 0.5) is 5.69 Å². The van der Waals surface area contributed by atoms with Gasteiger partial charge in [-0.2, -0.15) is 0 Å². The summed E-state index contributed by atoms with van der Waals surface area (Å²) in [6.07, 6.45) is 2.53. The number of aryl methyl sites for hydroxylation is 1. The van der Waals surface area contributed by atoms with Gasteiger partial charge in [0.2, 0.25) is 5.89 Å². The predicted octanol–water partition coefficient (Wildman–Crippen LogP) is 4.56. The first kappa shape index (κ1) is 18.1. The Morgan fingerprint density at radius 3 is 2.77 bits per heavy atom. The maximum atomic E-state index is 5.70. The van der Waals surface area contributed by atoms with Crippen LogP contribution in [0.15, 0.2) is 45.4 Å². The first-order chi connectivity index (χ1) is 12.6. The van der Waals surface area contributed by atoms with Gasteiger partial charge < -0.3 is 19.1 Å². The summed E-state index contributed by atoms with van der Waals surface area (Å²) in [6.45, 7) is 7.50. The Labute approximate surface area is 158 Å². The van der Waals surface area contributed by atoms with E-state index in [-0.39, 0.29) is 0 Å². The number of hydrogen-bond acceptors (Lipinski definition) is 5. The van der Waals surface area contributed by atoms with E-state index in [2.05, 4.69) is 42.4 Å². The molecule has 1 N–H and O–H groups in total. The van der Waals surface area contributed by atoms with Gasteiger partial charge in [0.05, 0.1) is 12.8 Å². The van der Waals surface area contributed by atoms with Crippen molar-refractivity contribution in [1.29, 1.82) is 0 Å². The van der Waals surface area contributed by atoms with Crippen molar-refractivity contribution in [2.75, 3.05) is 11.9 Å². The second-order valence-corrected chi connectivity index (χ2v) is 6.46. The largest absolute Gasteiger partial charge is 0.459 e. The molecule has 3 aromatic rings. The summed E-state index contributed by atoms with van der Waals surface area (Å²) in [5.74, 6) is 1.42. The van der Waals surface area contributed by atoms with E-state index in [1.165, 1.54) is 11.1 Å². The highest BCUT2D eigenvalue weighted by atomic mass is 32.1. The summed E-state index contributed by atoms with van der Waals surface area (Å²) >= 11 is 5.62. The maximum absolute atomic E-state index is 5.70. The van der Waals surface area contributed by atoms with Gasteiger partial charge in [0.15, 0.2) is 10.9 Å². The lowest BCUT2D eigenvalue weighted by Gasteiger charge is -2.24. The Hall–Kier alpha value is -2.67. The quantitative estimate of drug-likeness (QED) is 0.638. The molecular formula is C19H22N4O2S. The molecule has 0 saturated heterocycles. The molecule has 136 valence electrons. The van der Waals surface area contributed by atoms with Gasteiger partial charge in [-0.05, 0) is 61.8 Å². The van der Waals surface area contributed by atoms with Crippen LogP contribution in [-0.4, -0.2) is 26.8 Å². The lowest BCUT2D eigenvalue weighted by molar-refractivity contribution is 0.357. The zero-order chi connectivity index (χ0) is 18.5. The lowest BCUT2D eigenvalue weighted by Crippen LogP contribution is -2.35. The van der Waals surface area contributed by atoms with Crippen molar-refractivity contribution in [2.45, 2.75) is 33.7 Å². The van der Waals surface area contributed by atoms with Gasteiger partial charge in [-0.25, -0.2) is 0 Å². The molecule has 7 heteroatoms. The summed E-state index contributed by atoms with van der Waals surface area (Å²) in [5, 5.41) is 12.1. The van der Waals surface area contributed by atoms with Gasteiger partial charge >= 0.3 is 0 Å². The molecule has 0 atom stereocenters. The van der Waals surface area contributed by atoms with Crippen LogP contribution in [0, 0.1) is 13.8 Å². The highest BCUT2D eigenvalue weighted by Crippen LogP contribution is 2.21. The zero-order valence-corrected chi connectivity index (χ0v) is 16.0. The van der Waals surface area contributed by atoms with E-state index in [0.29, 0.717) is 29.2 Å². The number of nitrogens with zero attached hydrogens (tertiary/aromatic N) is 3. The number of anilines is 1. The Bertz CT molecular complexity index is 874. The minimum Gasteiger partial charge on any atom is -0.459 e. The molecule has 0 amide bonds. The van der Waals surface area contributed by atoms with E-state index < -0.39 is 0 Å². The molecule has 0 radical (unpaired) electrons. The lowest BCUT2D eigenvalue weighted by atomic mass is 10.1. The standard InChI is InChI=1S/C19H22N4O2S/c1-4-10-23(19(26)20-15-8-5-7-13(2)14(15)3)12-17-21-22-18(25-17)16-9-6-11-24-16/h5-9,11H,4,10,12H2,1-3H3,(H,20,26). The molecule has 0 aliphatic rings. The fourth-order valence-corrected chi connectivity index (χ4v) is 2.85. The predicted molar refractivity (Wildman–Crippen MR) is 105 cm³/mol. The molecule has 1 aromatic carbocycles. The fourth-order valence-electron chi connectivity index (χ4n) is 2.58. The molecule has 2 heterocycles. The summed E-state index contributed by atoms with van der Waals surface area (Å²) < 4.78 is 11.0. The van der Waals surface area contributed by atoms with Crippen LogP contribution in [0.5, 0.6) is 0 Å². The summed E-state index contributed by atoms with van der Waals surface area (Å²) in [7, 11) is 0. The average Bonchev–Trinajstić information content (AvgIpc) is 3.30. The maximum Gasteiger partial charge on any atom is 0.283 e. The highest BCUT2D eigenvalue weighted by molar-refractivity contribution is 7.80. The van der Waals surface area contributed by atoms with E-state index in [1.807, 2.05) is 17.0 Å². The third-order valence-electron chi connectivity index (χ3n) is 4.15. The van der Waals surface area contributed by atoms with Crippen molar-refractivity contribution in [3.8, 4) is 11.7 Å². The van der Waals surface area contributed by atoms with Crippen LogP contribution >= 0.6 is 12.2 Å². The van der Waals surface area contributed by atoms with E-state index in [9.17, 15) is 0 Å². The molecule has 3 rings (SSSR count). The molecule has 0 fully saturated rings. The van der Waals surface area contributed by atoms with Crippen LogP contribution in [0.1, 0.15) is 30.4 Å². The number of nitrogens with one attached hydrogen (secondary N) is 1. The monoisotopic (exact) mass is 370 g/mol. The van der Waals surface area contributed by atoms with Gasteiger partial charge in [0.1, 0.15) is 0 Å². The highest BCUT2D eigenvalue weighted by Gasteiger charge is 2.16. The second kappa shape index (κ2) is 8.14. The van der Waals surface area contributed by atoms with Crippen molar-refractivity contribution < 1.29 is 8.83 Å². The van der Waals surface area contributed by atoms with Gasteiger partial charge in [-0.15, -0.1) is 10.2 Å². The fraction of sp³-hybridized carbons (Fsp3) is 0.316. The van der Waals surface area contributed by atoms with Crippen molar-refractivity contribution in [1.82, 2.24) is 15.1 Å². The molecule has 6 nitrogen and oxygen atoms in total. The smallest absolute Gasteiger partial charge is 0.283 e. The van der Waals surface area contributed by atoms with Gasteiger partial charge in [-0.1, -0.05) is 19.1 Å². The molecule has 0 unspecified atom stereocenters. The van der Waals surface area contributed by atoms with Gasteiger partial charge in [0, 0.05) is 12.2 Å². The minimum absolute atomic E-state index is 0.370. The van der Waals surface area contributed by atoms with Crippen LogP contribution in [0.3, 0.4) is 0 Å². The molecule has 0 bridgehead atoms. The molecule has 0 saturated carbocycles. The first-order valence-electron chi connectivity index (χ1n) is 8.57. The SMILES string of the molecule is CCCN(Cc1nnc(-c2ccco2)o1)C(=S)Nc1cccc(C)c1C. The second-order valence-electron chi connectivity index (χ2n) is 6.08. The molecule has 0 spiro atoms. The van der Waals surface area contributed by atoms with Crippen LogP contribution < -0.4 is 5.32 Å². The molecule has 2 aromatic heterocycles. The topological polar surface area (TPSA) is 67.3 Å². The Balaban J connectivity index is 1.72. The third-order valence-corrected chi connectivity index (χ3v) is 4.51. The number of benzene rings is 1. The Kier molecular flexibility index (Phi) is 5.68. The summed E-state index contributed by atoms with van der Waals surface area (Å²) in [5.41, 5.74) is 3.42. The van der Waals surface area contributed by atoms with Crippen LogP contribution in [0.25, 0.3) is 11.7 Å². The normalized spacial score (nSPS) is 10.7. The van der Waals surface area contributed by atoms with Crippen molar-refractivity contribution in [3.05, 3.63) is 53.6 Å². The minimum atomic E-state index is 0.370. The molecule has 0 aliphatic carbocycles. The molecule has 0 aliphatic heterocycles. The van der Waals surface area contributed by atoms with Gasteiger partial charge in [0.25, 0.3) is 5.89 Å². The van der Waals surface area contributed by atoms with Crippen molar-refractivity contribution in [2.24, 2.45) is 0 Å². The van der Waals surface area contributed by atoms with Crippen LogP contribution in [0.2, 0.25) is 0 Å². The first-order valence-corrected chi connectivity index (χ1v) is 8.97. The zero-order valence-electron chi connectivity index (χ0n) is 15.2. The number of hydrogen-bond donors (Lipinski definition) is 1. The van der Waals surface area contributed by atoms with E-state index in [4.69, 9.17) is 21.1 Å². The summed E-state index contributed by atoms with van der Waals surface area (Å²) in [4.78, 5) is 2.02. The Morgan fingerprint density at radius 1 is 1.19 bits per heavy atom. The number of furan rings is 1. The van der Waals surface area contributed by atoms with E-state index in [1.54, 1.807) is 18.4 Å². The summed E-state index contributed by atoms with van der Waals surface area (Å²) in [6, 6.07) is 9.70. The molecular weight excluding hydrogens is 348 g/mol. The number of rotatable bonds is 6. The number of aromatic nitrogens is 2. The van der Waals surface area contributed by atoms with Crippen molar-refractivity contribution >= 4 is 23.0 Å². The van der Waals surface area contributed by atoms with Gasteiger partial charge in [-0.3, -0.25) is 0 Å². The Morgan fingerprint density at radius 2 is 2.04 bits per heavy atom. The van der Waals surface area contributed by atoms with E-state index >= 15 is 0 Å². The number of thiocarbonyl (C=S) groups is 1. The van der Waals surface area contributed by atoms with E-state index in [0.717, 1.165) is 18.7 Å². The average molecular weight is 370 g/mol. The third kappa shape index (κ3) is 4.11. The molecule has 26 heavy (non-hydrogen) atoms. The van der Waals surface area contributed by atoms with Crippen molar-refractivity contribution in [3.63, 3.8) is 0 Å². The van der Waals surface area contributed by atoms with Crippen LogP contribution in [-0.2, 0) is 6.54 Å².